The molecule has 0 spiro atoms. The van der Waals surface area contributed by atoms with Gasteiger partial charge in [-0.1, -0.05) is 18.2 Å². The maximum Gasteiger partial charge on any atom is 0.348 e. The van der Waals surface area contributed by atoms with Crippen LogP contribution in [-0.4, -0.2) is 36.0 Å². The Balaban J connectivity index is 1.30. The van der Waals surface area contributed by atoms with E-state index in [9.17, 15) is 9.59 Å². The summed E-state index contributed by atoms with van der Waals surface area (Å²) in [6, 6.07) is 9.59. The first-order valence-corrected chi connectivity index (χ1v) is 8.83. The smallest absolute Gasteiger partial charge is 0.348 e. The van der Waals surface area contributed by atoms with E-state index in [-0.39, 0.29) is 12.5 Å². The second-order valence-electron chi connectivity index (χ2n) is 5.96. The minimum Gasteiger partial charge on any atom is -0.478 e. The summed E-state index contributed by atoms with van der Waals surface area (Å²) < 4.78 is 10.8. The lowest BCUT2D eigenvalue weighted by molar-refractivity contribution is -0.157. The van der Waals surface area contributed by atoms with Crippen LogP contribution in [0.4, 0.5) is 0 Å². The molecule has 2 aromatic rings. The van der Waals surface area contributed by atoms with Gasteiger partial charge in [0.05, 0.1) is 0 Å². The summed E-state index contributed by atoms with van der Waals surface area (Å²) in [5.74, 6) is 0.0790. The van der Waals surface area contributed by atoms with Crippen molar-refractivity contribution in [3.05, 3.63) is 51.7 Å². The molecule has 0 radical (unpaired) electrons. The van der Waals surface area contributed by atoms with Crippen molar-refractivity contribution in [2.24, 2.45) is 0 Å². The molecule has 5 nitrogen and oxygen atoms in total. The molecule has 0 bridgehead atoms. The fourth-order valence-corrected chi connectivity index (χ4v) is 3.98. The van der Waals surface area contributed by atoms with Crippen LogP contribution in [0, 0.1) is 0 Å². The van der Waals surface area contributed by atoms with Crippen molar-refractivity contribution in [3.8, 4) is 5.75 Å². The number of amides is 1. The number of carbonyl (C=O) groups is 2. The van der Waals surface area contributed by atoms with Gasteiger partial charge in [-0.2, -0.15) is 0 Å². The Morgan fingerprint density at radius 2 is 2.12 bits per heavy atom. The van der Waals surface area contributed by atoms with Crippen LogP contribution in [0.25, 0.3) is 0 Å². The van der Waals surface area contributed by atoms with Crippen LogP contribution in [0.1, 0.15) is 16.0 Å². The molecule has 124 valence electrons. The van der Waals surface area contributed by atoms with Crippen molar-refractivity contribution in [1.82, 2.24) is 4.90 Å². The lowest BCUT2D eigenvalue weighted by Crippen LogP contribution is -2.39. The van der Waals surface area contributed by atoms with Crippen molar-refractivity contribution in [3.63, 3.8) is 0 Å². The van der Waals surface area contributed by atoms with E-state index in [0.29, 0.717) is 25.3 Å². The van der Waals surface area contributed by atoms with Crippen LogP contribution in [0.15, 0.2) is 35.7 Å². The molecule has 0 saturated heterocycles. The number of thiophene rings is 1. The van der Waals surface area contributed by atoms with Crippen molar-refractivity contribution in [2.75, 3.05) is 13.2 Å². The molecular formula is C18H17NO4S. The summed E-state index contributed by atoms with van der Waals surface area (Å²) in [7, 11) is 0. The van der Waals surface area contributed by atoms with Crippen LogP contribution in [-0.2, 0) is 33.7 Å². The zero-order chi connectivity index (χ0) is 16.5. The van der Waals surface area contributed by atoms with E-state index >= 15 is 0 Å². The number of benzene rings is 1. The Hall–Kier alpha value is -2.34. The molecule has 6 heteroatoms. The van der Waals surface area contributed by atoms with Gasteiger partial charge in [-0.15, -0.1) is 11.3 Å². The minimum absolute atomic E-state index is 0.157. The highest BCUT2D eigenvalue weighted by molar-refractivity contribution is 7.10. The molecule has 0 saturated carbocycles. The fraction of sp³-hybridized carbons (Fsp3) is 0.333. The predicted molar refractivity (Wildman–Crippen MR) is 89.0 cm³/mol. The third-order valence-electron chi connectivity index (χ3n) is 4.41. The zero-order valence-electron chi connectivity index (χ0n) is 13.1. The molecular weight excluding hydrogens is 326 g/mol. The third-order valence-corrected chi connectivity index (χ3v) is 5.43. The topological polar surface area (TPSA) is 55.8 Å². The number of esters is 1. The maximum atomic E-state index is 12.3. The standard InChI is InChI=1S/C18H17NO4S/c20-17(19-7-5-16-13(10-19)6-8-24-16)11-22-18(21)15-9-12-3-1-2-4-14(12)23-15/h1-4,6,8,15H,5,7,9-11H2/t15-/m0/s1. The molecule has 1 aromatic carbocycles. The van der Waals surface area contributed by atoms with Gasteiger partial charge in [-0.05, 0) is 35.1 Å². The van der Waals surface area contributed by atoms with Crippen molar-refractivity contribution >= 4 is 23.2 Å². The first-order chi connectivity index (χ1) is 11.7. The lowest BCUT2D eigenvalue weighted by atomic mass is 10.1. The molecule has 1 aromatic heterocycles. The number of para-hydroxylation sites is 1. The highest BCUT2D eigenvalue weighted by Crippen LogP contribution is 2.28. The number of ether oxygens (including phenoxy) is 2. The van der Waals surface area contributed by atoms with E-state index in [1.54, 1.807) is 16.2 Å². The summed E-state index contributed by atoms with van der Waals surface area (Å²) in [6.07, 6.45) is 0.707. The van der Waals surface area contributed by atoms with E-state index in [1.807, 2.05) is 29.6 Å². The lowest BCUT2D eigenvalue weighted by Gasteiger charge is -2.26. The molecule has 0 fully saturated rings. The largest absolute Gasteiger partial charge is 0.478 e. The van der Waals surface area contributed by atoms with Crippen LogP contribution < -0.4 is 4.74 Å². The summed E-state index contributed by atoms with van der Waals surface area (Å²) in [4.78, 5) is 27.5. The van der Waals surface area contributed by atoms with Gasteiger partial charge in [0.15, 0.2) is 12.7 Å². The van der Waals surface area contributed by atoms with Gasteiger partial charge in [0.2, 0.25) is 0 Å². The molecule has 24 heavy (non-hydrogen) atoms. The number of hydrogen-bond acceptors (Lipinski definition) is 5. The van der Waals surface area contributed by atoms with Crippen molar-refractivity contribution < 1.29 is 19.1 Å². The summed E-state index contributed by atoms with van der Waals surface area (Å²) in [6.45, 7) is 1.05. The number of hydrogen-bond donors (Lipinski definition) is 0. The van der Waals surface area contributed by atoms with Crippen LogP contribution >= 0.6 is 11.3 Å². The SMILES string of the molecule is O=C(OCC(=O)N1CCc2sccc2C1)[C@@H]1Cc2ccccc2O1. The van der Waals surface area contributed by atoms with E-state index in [4.69, 9.17) is 9.47 Å². The van der Waals surface area contributed by atoms with Gasteiger partial charge in [0.25, 0.3) is 5.91 Å². The predicted octanol–water partition coefficient (Wildman–Crippen LogP) is 2.18. The molecule has 0 unspecified atom stereocenters. The third kappa shape index (κ3) is 2.89. The molecule has 0 aliphatic carbocycles. The monoisotopic (exact) mass is 343 g/mol. The summed E-state index contributed by atoms with van der Waals surface area (Å²) in [5, 5.41) is 2.05. The number of rotatable bonds is 3. The van der Waals surface area contributed by atoms with Gasteiger partial charge in [0.1, 0.15) is 5.75 Å². The Morgan fingerprint density at radius 1 is 1.25 bits per heavy atom. The molecule has 2 aliphatic rings. The number of carbonyl (C=O) groups excluding carboxylic acids is 2. The Bertz CT molecular complexity index is 746. The second kappa shape index (κ2) is 6.28. The first kappa shape index (κ1) is 15.2. The Kier molecular flexibility index (Phi) is 3.98. The molecule has 1 amide bonds. The average Bonchev–Trinajstić information content (AvgIpc) is 3.24. The van der Waals surface area contributed by atoms with Crippen molar-refractivity contribution in [1.29, 1.82) is 0 Å². The first-order valence-electron chi connectivity index (χ1n) is 7.95. The van der Waals surface area contributed by atoms with Crippen LogP contribution in [0.3, 0.4) is 0 Å². The van der Waals surface area contributed by atoms with Gasteiger partial charge in [-0.25, -0.2) is 4.79 Å². The summed E-state index contributed by atoms with van der Waals surface area (Å²) >= 11 is 1.73. The molecule has 3 heterocycles. The molecule has 4 rings (SSSR count). The number of nitrogens with zero attached hydrogens (tertiary/aromatic N) is 1. The maximum absolute atomic E-state index is 12.3. The quantitative estimate of drug-likeness (QED) is 0.802. The highest BCUT2D eigenvalue weighted by atomic mass is 32.1. The van der Waals surface area contributed by atoms with Crippen LogP contribution in [0.5, 0.6) is 5.75 Å². The van der Waals surface area contributed by atoms with Gasteiger partial charge < -0.3 is 14.4 Å². The van der Waals surface area contributed by atoms with Crippen molar-refractivity contribution in [2.45, 2.75) is 25.5 Å². The molecule has 1 atom stereocenters. The Labute approximate surface area is 143 Å². The summed E-state index contributed by atoms with van der Waals surface area (Å²) in [5.41, 5.74) is 2.19. The highest BCUT2D eigenvalue weighted by Gasteiger charge is 2.31. The Morgan fingerprint density at radius 3 is 3.00 bits per heavy atom. The van der Waals surface area contributed by atoms with Gasteiger partial charge in [0, 0.05) is 24.4 Å². The van der Waals surface area contributed by atoms with Gasteiger partial charge in [-0.3, -0.25) is 4.79 Å². The molecule has 2 aliphatic heterocycles. The van der Waals surface area contributed by atoms with E-state index in [1.165, 1.54) is 10.4 Å². The van der Waals surface area contributed by atoms with Crippen LogP contribution in [0.2, 0.25) is 0 Å². The van der Waals surface area contributed by atoms with Gasteiger partial charge >= 0.3 is 5.97 Å². The molecule has 0 N–H and O–H groups in total. The zero-order valence-corrected chi connectivity index (χ0v) is 13.9. The normalized spacial score (nSPS) is 18.5. The van der Waals surface area contributed by atoms with E-state index < -0.39 is 12.1 Å². The number of fused-ring (bicyclic) bond motifs is 2. The fourth-order valence-electron chi connectivity index (χ4n) is 3.09. The second-order valence-corrected chi connectivity index (χ2v) is 6.96. The van der Waals surface area contributed by atoms with E-state index in [0.717, 1.165) is 12.0 Å². The van der Waals surface area contributed by atoms with E-state index in [2.05, 4.69) is 6.07 Å². The minimum atomic E-state index is -0.653. The average molecular weight is 343 g/mol.